The Morgan fingerprint density at radius 3 is 2.76 bits per heavy atom. The smallest absolute Gasteiger partial charge is 0.241 e. The van der Waals surface area contributed by atoms with Crippen molar-refractivity contribution >= 4 is 44.7 Å². The monoisotopic (exact) mass is 424 g/mol. The fraction of sp³-hybridized carbons (Fsp3) is 0.318. The Morgan fingerprint density at radius 1 is 1.31 bits per heavy atom. The maximum absolute atomic E-state index is 12.7. The van der Waals surface area contributed by atoms with Gasteiger partial charge >= 0.3 is 0 Å². The molecule has 4 rings (SSSR count). The van der Waals surface area contributed by atoms with Crippen LogP contribution in [0.1, 0.15) is 36.3 Å². The van der Waals surface area contributed by atoms with Crippen molar-refractivity contribution in [1.82, 2.24) is 9.88 Å². The molecule has 3 aromatic rings. The largest absolute Gasteiger partial charge is 0.325 e. The Labute approximate surface area is 178 Å². The molecule has 1 atom stereocenters. The molecule has 1 saturated heterocycles. The predicted octanol–water partition coefficient (Wildman–Crippen LogP) is 5.03. The summed E-state index contributed by atoms with van der Waals surface area (Å²) in [6.07, 6.45) is 2.00. The zero-order valence-corrected chi connectivity index (χ0v) is 17.6. The number of rotatable bonds is 4. The Kier molecular flexibility index (Phi) is 5.81. The molecule has 0 spiro atoms. The fourth-order valence-electron chi connectivity index (χ4n) is 3.69. The minimum Gasteiger partial charge on any atom is -0.325 e. The molecule has 0 aliphatic carbocycles. The van der Waals surface area contributed by atoms with Gasteiger partial charge in [-0.05, 0) is 63.2 Å². The van der Waals surface area contributed by atoms with Crippen molar-refractivity contribution in [3.8, 4) is 6.07 Å². The van der Waals surface area contributed by atoms with E-state index < -0.39 is 0 Å². The number of nitriles is 1. The lowest BCUT2D eigenvalue weighted by molar-refractivity contribution is -0.121. The molecule has 29 heavy (non-hydrogen) atoms. The van der Waals surface area contributed by atoms with Crippen LogP contribution in [0.15, 0.2) is 42.5 Å². The number of carbonyl (C=O) groups excluding carboxylic acids is 1. The van der Waals surface area contributed by atoms with Crippen LogP contribution in [0, 0.1) is 11.3 Å². The summed E-state index contributed by atoms with van der Waals surface area (Å²) in [5, 5.41) is 13.4. The van der Waals surface area contributed by atoms with E-state index in [2.05, 4.69) is 22.3 Å². The van der Waals surface area contributed by atoms with Gasteiger partial charge in [0.25, 0.3) is 0 Å². The highest BCUT2D eigenvalue weighted by atomic mass is 35.5. The molecule has 1 amide bonds. The lowest BCUT2D eigenvalue weighted by Crippen LogP contribution is -2.45. The molecular formula is C22H21ClN4OS. The number of likely N-dealkylation sites (tertiary alicyclic amines) is 1. The first-order valence-corrected chi connectivity index (χ1v) is 10.8. The molecule has 1 N–H and O–H groups in total. The molecule has 0 radical (unpaired) electrons. The van der Waals surface area contributed by atoms with Gasteiger partial charge in [0.1, 0.15) is 6.07 Å². The van der Waals surface area contributed by atoms with Crippen molar-refractivity contribution in [2.24, 2.45) is 0 Å². The van der Waals surface area contributed by atoms with E-state index in [1.807, 2.05) is 25.1 Å². The van der Waals surface area contributed by atoms with Gasteiger partial charge < -0.3 is 5.32 Å². The normalized spacial score (nSPS) is 16.4. The molecule has 148 valence electrons. The predicted molar refractivity (Wildman–Crippen MR) is 117 cm³/mol. The maximum Gasteiger partial charge on any atom is 0.241 e. The number of aromatic nitrogens is 1. The first-order chi connectivity index (χ1) is 14.0. The average molecular weight is 425 g/mol. The van der Waals surface area contributed by atoms with Gasteiger partial charge in [0.2, 0.25) is 5.91 Å². The van der Waals surface area contributed by atoms with Crippen LogP contribution in [0.4, 0.5) is 5.69 Å². The number of carbonyl (C=O) groups is 1. The van der Waals surface area contributed by atoms with Crippen molar-refractivity contribution in [2.45, 2.75) is 31.7 Å². The van der Waals surface area contributed by atoms with Crippen LogP contribution in [0.3, 0.4) is 0 Å². The van der Waals surface area contributed by atoms with Crippen LogP contribution in [-0.2, 0) is 4.79 Å². The first-order valence-electron chi connectivity index (χ1n) is 9.65. The summed E-state index contributed by atoms with van der Waals surface area (Å²) in [6, 6.07) is 15.0. The van der Waals surface area contributed by atoms with Gasteiger partial charge in [-0.25, -0.2) is 4.98 Å². The van der Waals surface area contributed by atoms with E-state index in [9.17, 15) is 4.79 Å². The van der Waals surface area contributed by atoms with Gasteiger partial charge in [-0.2, -0.15) is 5.26 Å². The summed E-state index contributed by atoms with van der Waals surface area (Å²) in [5.74, 6) is 0.389. The van der Waals surface area contributed by atoms with Crippen molar-refractivity contribution in [2.75, 3.05) is 18.4 Å². The van der Waals surface area contributed by atoms with Gasteiger partial charge in [-0.15, -0.1) is 11.3 Å². The minimum absolute atomic E-state index is 0.0655. The fourth-order valence-corrected chi connectivity index (χ4v) is 5.05. The molecule has 1 aromatic heterocycles. The van der Waals surface area contributed by atoms with Crippen LogP contribution in [0.25, 0.3) is 10.2 Å². The summed E-state index contributed by atoms with van der Waals surface area (Å²) >= 11 is 7.84. The molecular weight excluding hydrogens is 404 g/mol. The maximum atomic E-state index is 12.7. The van der Waals surface area contributed by atoms with E-state index in [0.717, 1.165) is 31.4 Å². The number of nitrogens with one attached hydrogen (secondary N) is 1. The van der Waals surface area contributed by atoms with Crippen LogP contribution in [-0.4, -0.2) is 34.9 Å². The number of piperidine rings is 1. The van der Waals surface area contributed by atoms with E-state index in [1.165, 1.54) is 9.71 Å². The Bertz CT molecular complexity index is 1050. The molecule has 7 heteroatoms. The quantitative estimate of drug-likeness (QED) is 0.637. The Morgan fingerprint density at radius 2 is 2.07 bits per heavy atom. The van der Waals surface area contributed by atoms with Gasteiger partial charge in [0.05, 0.1) is 31.9 Å². The highest BCUT2D eigenvalue weighted by Gasteiger charge is 2.28. The summed E-state index contributed by atoms with van der Waals surface area (Å²) in [5.41, 5.74) is 2.08. The number of hydrogen-bond acceptors (Lipinski definition) is 5. The molecule has 1 unspecified atom stereocenters. The van der Waals surface area contributed by atoms with E-state index in [0.29, 0.717) is 22.2 Å². The number of hydrogen-bond donors (Lipinski definition) is 1. The van der Waals surface area contributed by atoms with E-state index in [-0.39, 0.29) is 11.9 Å². The Balaban J connectivity index is 1.35. The van der Waals surface area contributed by atoms with Crippen molar-refractivity contribution in [3.05, 3.63) is 58.1 Å². The van der Waals surface area contributed by atoms with E-state index in [1.54, 1.807) is 29.5 Å². The van der Waals surface area contributed by atoms with Crippen LogP contribution in [0.5, 0.6) is 0 Å². The molecule has 0 saturated carbocycles. The summed E-state index contributed by atoms with van der Waals surface area (Å²) in [4.78, 5) is 19.7. The van der Waals surface area contributed by atoms with E-state index >= 15 is 0 Å². The number of halogens is 1. The highest BCUT2D eigenvalue weighted by molar-refractivity contribution is 7.18. The second kappa shape index (κ2) is 8.50. The van der Waals surface area contributed by atoms with Gasteiger partial charge in [-0.3, -0.25) is 9.69 Å². The first kappa shape index (κ1) is 19.8. The zero-order valence-electron chi connectivity index (χ0n) is 16.1. The average Bonchev–Trinajstić information content (AvgIpc) is 3.18. The van der Waals surface area contributed by atoms with Gasteiger partial charge in [0, 0.05) is 11.6 Å². The van der Waals surface area contributed by atoms with Crippen LogP contribution in [0.2, 0.25) is 5.02 Å². The molecule has 5 nitrogen and oxygen atoms in total. The second-order valence-electron chi connectivity index (χ2n) is 7.30. The molecule has 2 aromatic carbocycles. The topological polar surface area (TPSA) is 69.0 Å². The highest BCUT2D eigenvalue weighted by Crippen LogP contribution is 2.34. The third-order valence-corrected chi connectivity index (χ3v) is 6.99. The number of anilines is 1. The summed E-state index contributed by atoms with van der Waals surface area (Å²) in [6.45, 7) is 3.66. The summed E-state index contributed by atoms with van der Waals surface area (Å²) < 4.78 is 1.23. The van der Waals surface area contributed by atoms with Gasteiger partial charge in [-0.1, -0.05) is 23.7 Å². The minimum atomic E-state index is -0.235. The zero-order chi connectivity index (χ0) is 20.4. The lowest BCUT2D eigenvalue weighted by atomic mass is 9.96. The molecule has 2 heterocycles. The summed E-state index contributed by atoms with van der Waals surface area (Å²) in [7, 11) is 0. The van der Waals surface area contributed by atoms with Gasteiger partial charge in [0.15, 0.2) is 0 Å². The Hall–Kier alpha value is -2.46. The standard InChI is InChI=1S/C22H21ClN4OS/c1-14(21(28)25-17-7-6-16(13-24)18(23)12-17)27-10-8-15(9-11-27)22-26-19-4-2-3-5-20(19)29-22/h2-7,12,14-15H,8-11H2,1H3,(H,25,28). The molecule has 1 aliphatic heterocycles. The number of nitrogens with zero attached hydrogens (tertiary/aromatic N) is 3. The molecule has 0 bridgehead atoms. The number of benzene rings is 2. The second-order valence-corrected chi connectivity index (χ2v) is 8.77. The number of amides is 1. The van der Waals surface area contributed by atoms with Crippen molar-refractivity contribution < 1.29 is 4.79 Å². The molecule has 1 aliphatic rings. The van der Waals surface area contributed by atoms with Crippen LogP contribution < -0.4 is 5.32 Å². The number of thiazole rings is 1. The van der Waals surface area contributed by atoms with Crippen molar-refractivity contribution in [3.63, 3.8) is 0 Å². The third kappa shape index (κ3) is 4.27. The van der Waals surface area contributed by atoms with E-state index in [4.69, 9.17) is 21.8 Å². The lowest BCUT2D eigenvalue weighted by Gasteiger charge is -2.34. The van der Waals surface area contributed by atoms with Crippen LogP contribution >= 0.6 is 22.9 Å². The molecule has 1 fully saturated rings. The number of fused-ring (bicyclic) bond motifs is 1. The SMILES string of the molecule is CC(C(=O)Nc1ccc(C#N)c(Cl)c1)N1CCC(c2nc3ccccc3s2)CC1. The number of para-hydroxylation sites is 1. The van der Waals surface area contributed by atoms with Crippen molar-refractivity contribution in [1.29, 1.82) is 5.26 Å². The third-order valence-electron chi connectivity index (χ3n) is 5.47.